The molecular weight excluding hydrogens is 450 g/mol. The van der Waals surface area contributed by atoms with Gasteiger partial charge in [0.2, 0.25) is 0 Å². The third kappa shape index (κ3) is 4.11. The van der Waals surface area contributed by atoms with E-state index in [0.29, 0.717) is 12.1 Å². The van der Waals surface area contributed by atoms with E-state index in [1.54, 1.807) is 12.4 Å². The molecule has 0 aliphatic carbocycles. The minimum absolute atomic E-state index is 0.0343. The molecule has 2 atom stereocenters. The Bertz CT molecular complexity index is 1400. The van der Waals surface area contributed by atoms with E-state index in [-0.39, 0.29) is 18.0 Å². The normalized spacial score (nSPS) is 20.3. The van der Waals surface area contributed by atoms with Gasteiger partial charge in [-0.05, 0) is 50.3 Å². The number of benzene rings is 1. The predicted octanol–water partition coefficient (Wildman–Crippen LogP) is 4.00. The van der Waals surface area contributed by atoms with E-state index in [9.17, 15) is 4.79 Å². The van der Waals surface area contributed by atoms with Crippen LogP contribution in [0.25, 0.3) is 16.8 Å². The summed E-state index contributed by atoms with van der Waals surface area (Å²) >= 11 is 0. The number of hydrogen-bond acceptors (Lipinski definition) is 6. The quantitative estimate of drug-likeness (QED) is 0.474. The number of piperidine rings is 1. The third-order valence-electron chi connectivity index (χ3n) is 7.38. The van der Waals surface area contributed by atoms with Crippen LogP contribution in [0.2, 0.25) is 0 Å². The highest BCUT2D eigenvalue weighted by Gasteiger charge is 2.32. The van der Waals surface area contributed by atoms with Gasteiger partial charge in [0.1, 0.15) is 5.82 Å². The zero-order chi connectivity index (χ0) is 24.6. The maximum absolute atomic E-state index is 13.9. The summed E-state index contributed by atoms with van der Waals surface area (Å²) in [4.78, 5) is 27.4. The van der Waals surface area contributed by atoms with Gasteiger partial charge in [-0.3, -0.25) is 9.78 Å². The Hall–Kier alpha value is -3.78. The van der Waals surface area contributed by atoms with Crippen molar-refractivity contribution < 1.29 is 4.79 Å². The van der Waals surface area contributed by atoms with Crippen LogP contribution in [0.15, 0.2) is 61.1 Å². The van der Waals surface area contributed by atoms with Crippen LogP contribution in [0.3, 0.4) is 0 Å². The van der Waals surface area contributed by atoms with Crippen molar-refractivity contribution >= 4 is 17.4 Å². The monoisotopic (exact) mass is 481 g/mol. The molecule has 2 fully saturated rings. The number of fused-ring (bicyclic) bond motifs is 1. The molecule has 4 aromatic rings. The van der Waals surface area contributed by atoms with Gasteiger partial charge in [0.25, 0.3) is 5.91 Å². The Labute approximate surface area is 210 Å². The number of hydrogen-bond donors (Lipinski definition) is 1. The zero-order valence-electron chi connectivity index (χ0n) is 20.5. The van der Waals surface area contributed by atoms with Gasteiger partial charge in [-0.2, -0.15) is 5.10 Å². The number of nitrogens with zero attached hydrogens (tertiary/aromatic N) is 6. The van der Waals surface area contributed by atoms with Gasteiger partial charge in [0, 0.05) is 67.0 Å². The zero-order valence-corrected chi connectivity index (χ0v) is 20.5. The lowest BCUT2D eigenvalue weighted by Gasteiger charge is -2.35. The smallest absolute Gasteiger partial charge is 0.255 e. The number of rotatable bonds is 4. The maximum atomic E-state index is 13.9. The highest BCUT2D eigenvalue weighted by molar-refractivity contribution is 6.01. The Morgan fingerprint density at radius 3 is 2.78 bits per heavy atom. The number of likely N-dealkylation sites (tertiary alicyclic amines) is 1. The van der Waals surface area contributed by atoms with Crippen LogP contribution in [-0.4, -0.2) is 56.1 Å². The number of carbonyl (C=O) groups excluding carboxylic acids is 1. The summed E-state index contributed by atoms with van der Waals surface area (Å²) in [6.45, 7) is 4.53. The largest absolute Gasteiger partial charge is 0.355 e. The SMILES string of the molecule is Cc1cn2nc(C3CCCCN3C(=O)c3ccccc3-c3cccnc3)cc2nc1N1CCC(N)C1. The lowest BCUT2D eigenvalue weighted by molar-refractivity contribution is 0.0606. The number of anilines is 1. The van der Waals surface area contributed by atoms with Crippen molar-refractivity contribution in [1.29, 1.82) is 0 Å². The molecular formula is C28H31N7O. The second-order valence-electron chi connectivity index (χ2n) is 9.91. The summed E-state index contributed by atoms with van der Waals surface area (Å²) < 4.78 is 1.85. The first kappa shape index (κ1) is 22.7. The van der Waals surface area contributed by atoms with Gasteiger partial charge in [0.15, 0.2) is 5.65 Å². The van der Waals surface area contributed by atoms with E-state index in [2.05, 4.69) is 16.8 Å². The number of amides is 1. The first-order chi connectivity index (χ1) is 17.6. The van der Waals surface area contributed by atoms with Crippen LogP contribution >= 0.6 is 0 Å². The van der Waals surface area contributed by atoms with Gasteiger partial charge in [-0.25, -0.2) is 9.50 Å². The number of nitrogens with two attached hydrogens (primary N) is 1. The molecule has 2 aliphatic rings. The molecule has 184 valence electrons. The van der Waals surface area contributed by atoms with Gasteiger partial charge < -0.3 is 15.5 Å². The Morgan fingerprint density at radius 2 is 1.97 bits per heavy atom. The van der Waals surface area contributed by atoms with E-state index < -0.39 is 0 Å². The summed E-state index contributed by atoms with van der Waals surface area (Å²) in [5.41, 5.74) is 11.5. The molecule has 2 aliphatic heterocycles. The highest BCUT2D eigenvalue weighted by Crippen LogP contribution is 2.34. The van der Waals surface area contributed by atoms with Gasteiger partial charge in [0.05, 0.1) is 11.7 Å². The molecule has 3 aromatic heterocycles. The molecule has 1 amide bonds. The lowest BCUT2D eigenvalue weighted by Crippen LogP contribution is -2.39. The van der Waals surface area contributed by atoms with E-state index in [1.807, 2.05) is 58.1 Å². The van der Waals surface area contributed by atoms with E-state index in [4.69, 9.17) is 15.8 Å². The molecule has 1 aromatic carbocycles. The summed E-state index contributed by atoms with van der Waals surface area (Å²) in [6.07, 6.45) is 9.51. The van der Waals surface area contributed by atoms with E-state index in [1.165, 1.54) is 0 Å². The molecule has 0 saturated carbocycles. The average molecular weight is 482 g/mol. The second kappa shape index (κ2) is 9.35. The molecule has 5 heterocycles. The second-order valence-corrected chi connectivity index (χ2v) is 9.91. The predicted molar refractivity (Wildman–Crippen MR) is 140 cm³/mol. The molecule has 0 radical (unpaired) electrons. The summed E-state index contributed by atoms with van der Waals surface area (Å²) in [5, 5.41) is 4.89. The molecule has 8 heteroatoms. The van der Waals surface area contributed by atoms with E-state index in [0.717, 1.165) is 72.6 Å². The van der Waals surface area contributed by atoms with Crippen molar-refractivity contribution in [2.24, 2.45) is 5.73 Å². The highest BCUT2D eigenvalue weighted by atomic mass is 16.2. The van der Waals surface area contributed by atoms with Crippen LogP contribution < -0.4 is 10.6 Å². The van der Waals surface area contributed by atoms with Crippen molar-refractivity contribution in [3.8, 4) is 11.1 Å². The minimum Gasteiger partial charge on any atom is -0.355 e. The number of pyridine rings is 1. The Kier molecular flexibility index (Phi) is 5.89. The lowest BCUT2D eigenvalue weighted by atomic mass is 9.95. The fraction of sp³-hybridized carbons (Fsp3) is 0.357. The minimum atomic E-state index is -0.0844. The summed E-state index contributed by atoms with van der Waals surface area (Å²) in [6, 6.07) is 13.8. The Morgan fingerprint density at radius 1 is 1.08 bits per heavy atom. The first-order valence-electron chi connectivity index (χ1n) is 12.8. The summed E-state index contributed by atoms with van der Waals surface area (Å²) in [7, 11) is 0. The first-order valence-corrected chi connectivity index (χ1v) is 12.8. The fourth-order valence-corrected chi connectivity index (χ4v) is 5.56. The third-order valence-corrected chi connectivity index (χ3v) is 7.38. The van der Waals surface area contributed by atoms with Crippen LogP contribution in [-0.2, 0) is 0 Å². The van der Waals surface area contributed by atoms with Crippen LogP contribution in [0.4, 0.5) is 5.82 Å². The van der Waals surface area contributed by atoms with Crippen molar-refractivity contribution in [1.82, 2.24) is 24.5 Å². The molecule has 0 bridgehead atoms. The van der Waals surface area contributed by atoms with Crippen molar-refractivity contribution in [3.63, 3.8) is 0 Å². The molecule has 0 spiro atoms. The molecule has 36 heavy (non-hydrogen) atoms. The molecule has 2 unspecified atom stereocenters. The number of aryl methyl sites for hydroxylation is 1. The topological polar surface area (TPSA) is 92.6 Å². The number of carbonyl (C=O) groups is 1. The molecule has 8 nitrogen and oxygen atoms in total. The van der Waals surface area contributed by atoms with Crippen molar-refractivity contribution in [3.05, 3.63) is 77.9 Å². The van der Waals surface area contributed by atoms with Crippen molar-refractivity contribution in [2.45, 2.75) is 44.7 Å². The van der Waals surface area contributed by atoms with Crippen LogP contribution in [0.5, 0.6) is 0 Å². The standard InChI is InChI=1S/C28H31N7O/c1-19-17-35-26(31-27(19)33-14-11-21(29)18-33)15-24(32-35)25-10-4-5-13-34(25)28(36)23-9-3-2-8-22(23)20-7-6-12-30-16-20/h2-3,6-9,12,15-17,21,25H,4-5,10-11,13-14,18,29H2,1H3. The molecule has 2 saturated heterocycles. The van der Waals surface area contributed by atoms with Gasteiger partial charge in [-0.1, -0.05) is 24.3 Å². The average Bonchev–Trinajstić information content (AvgIpc) is 3.54. The van der Waals surface area contributed by atoms with Crippen molar-refractivity contribution in [2.75, 3.05) is 24.5 Å². The van der Waals surface area contributed by atoms with Gasteiger partial charge >= 0.3 is 0 Å². The number of aromatic nitrogens is 4. The van der Waals surface area contributed by atoms with Crippen LogP contribution in [0, 0.1) is 6.92 Å². The molecule has 6 rings (SSSR count). The van der Waals surface area contributed by atoms with Crippen LogP contribution in [0.1, 0.15) is 53.3 Å². The fourth-order valence-electron chi connectivity index (χ4n) is 5.56. The summed E-state index contributed by atoms with van der Waals surface area (Å²) in [5.74, 6) is 1.01. The Balaban J connectivity index is 1.34. The maximum Gasteiger partial charge on any atom is 0.255 e. The van der Waals surface area contributed by atoms with E-state index >= 15 is 0 Å². The van der Waals surface area contributed by atoms with Gasteiger partial charge in [-0.15, -0.1) is 0 Å². The molecule has 2 N–H and O–H groups in total.